The quantitative estimate of drug-likeness (QED) is 0.231. The summed E-state index contributed by atoms with van der Waals surface area (Å²) >= 11 is 1.41. The van der Waals surface area contributed by atoms with Crippen LogP contribution in [0.1, 0.15) is 22.1 Å². The number of anilines is 1. The lowest BCUT2D eigenvalue weighted by atomic mass is 10.1. The lowest BCUT2D eigenvalue weighted by Crippen LogP contribution is -2.21. The maximum atomic E-state index is 13.5. The highest BCUT2D eigenvalue weighted by molar-refractivity contribution is 7.20. The van der Waals surface area contributed by atoms with Crippen molar-refractivity contribution in [3.05, 3.63) is 94.6 Å². The van der Waals surface area contributed by atoms with Crippen molar-refractivity contribution in [1.29, 1.82) is 5.41 Å². The third-order valence-electron chi connectivity index (χ3n) is 5.00. The summed E-state index contributed by atoms with van der Waals surface area (Å²) in [6, 6.07) is 21.2. The number of hydrogen-bond donors (Lipinski definition) is 3. The largest absolute Gasteiger partial charge is 0.481 e. The van der Waals surface area contributed by atoms with Gasteiger partial charge in [-0.15, -0.1) is 11.3 Å². The maximum Gasteiger partial charge on any atom is 0.411 e. The highest BCUT2D eigenvalue weighted by Gasteiger charge is 2.19. The molecule has 0 aliphatic heterocycles. The molecule has 1 aromatic heterocycles. The molecule has 0 saturated carbocycles. The fourth-order valence-electron chi connectivity index (χ4n) is 3.32. The topological polar surface area (TPSA) is 97.4 Å². The molecule has 0 aliphatic carbocycles. The lowest BCUT2D eigenvalue weighted by molar-refractivity contribution is 0.0910. The molecule has 1 atom stereocenters. The number of nitrogens with one attached hydrogen (secondary N) is 2. The Morgan fingerprint density at radius 2 is 1.91 bits per heavy atom. The van der Waals surface area contributed by atoms with Gasteiger partial charge < -0.3 is 15.2 Å². The van der Waals surface area contributed by atoms with Crippen LogP contribution in [0.2, 0.25) is 0 Å². The van der Waals surface area contributed by atoms with Crippen LogP contribution in [-0.2, 0) is 4.74 Å². The molecular formula is C25H22FN3O3S. The van der Waals surface area contributed by atoms with Gasteiger partial charge in [-0.3, -0.25) is 10.7 Å². The maximum absolute atomic E-state index is 13.5. The Bertz CT molecular complexity index is 1310. The van der Waals surface area contributed by atoms with E-state index in [2.05, 4.69) is 5.32 Å². The van der Waals surface area contributed by atoms with Gasteiger partial charge in [-0.25, -0.2) is 9.18 Å². The van der Waals surface area contributed by atoms with E-state index in [1.54, 1.807) is 6.92 Å². The van der Waals surface area contributed by atoms with Crippen LogP contribution < -0.4 is 15.8 Å². The first-order chi connectivity index (χ1) is 15.9. The predicted octanol–water partition coefficient (Wildman–Crippen LogP) is 6.00. The molecule has 6 nitrogen and oxygen atoms in total. The summed E-state index contributed by atoms with van der Waals surface area (Å²) < 4.78 is 26.1. The second-order valence-corrected chi connectivity index (χ2v) is 8.48. The van der Waals surface area contributed by atoms with Crippen LogP contribution in [0.3, 0.4) is 0 Å². The van der Waals surface area contributed by atoms with Crippen molar-refractivity contribution in [2.24, 2.45) is 5.73 Å². The number of carbonyl (C=O) groups is 1. The normalized spacial score (nSPS) is 11.7. The second-order valence-electron chi connectivity index (χ2n) is 7.40. The molecule has 168 valence electrons. The lowest BCUT2D eigenvalue weighted by Gasteiger charge is -2.20. The van der Waals surface area contributed by atoms with Gasteiger partial charge in [0.05, 0.1) is 4.88 Å². The van der Waals surface area contributed by atoms with Gasteiger partial charge in [-0.1, -0.05) is 36.4 Å². The van der Waals surface area contributed by atoms with Crippen molar-refractivity contribution < 1.29 is 18.7 Å². The Kier molecular flexibility index (Phi) is 6.55. The van der Waals surface area contributed by atoms with Gasteiger partial charge in [0.15, 0.2) is 6.10 Å². The summed E-state index contributed by atoms with van der Waals surface area (Å²) in [7, 11) is 0. The molecule has 4 aromatic rings. The molecule has 0 saturated heterocycles. The number of halogens is 1. The summed E-state index contributed by atoms with van der Waals surface area (Å²) in [6.45, 7) is 1.57. The molecule has 0 bridgehead atoms. The number of benzene rings is 3. The van der Waals surface area contributed by atoms with Crippen LogP contribution in [-0.4, -0.2) is 18.5 Å². The number of ether oxygens (including phenoxy) is 2. The molecule has 1 heterocycles. The van der Waals surface area contributed by atoms with Gasteiger partial charge in [-0.2, -0.15) is 0 Å². The Balaban J connectivity index is 1.53. The van der Waals surface area contributed by atoms with Crippen LogP contribution in [0.25, 0.3) is 10.1 Å². The number of amides is 1. The molecule has 0 radical (unpaired) electrons. The zero-order chi connectivity index (χ0) is 23.4. The minimum atomic E-state index is -0.668. The minimum absolute atomic E-state index is 0.00204. The third-order valence-corrected chi connectivity index (χ3v) is 6.13. The molecular weight excluding hydrogens is 441 g/mol. The summed E-state index contributed by atoms with van der Waals surface area (Å²) in [6.07, 6.45) is -1.24. The number of aryl methyl sites for hydroxylation is 1. The van der Waals surface area contributed by atoms with Crippen molar-refractivity contribution in [3.8, 4) is 5.75 Å². The molecule has 1 unspecified atom stereocenters. The van der Waals surface area contributed by atoms with E-state index in [1.165, 1.54) is 29.5 Å². The number of hydrogen-bond acceptors (Lipinski definition) is 5. The minimum Gasteiger partial charge on any atom is -0.481 e. The van der Waals surface area contributed by atoms with Crippen LogP contribution in [0.4, 0.5) is 14.9 Å². The number of carbonyl (C=O) groups excluding carboxylic acids is 1. The van der Waals surface area contributed by atoms with E-state index in [1.807, 2.05) is 54.6 Å². The van der Waals surface area contributed by atoms with Crippen molar-refractivity contribution in [1.82, 2.24) is 0 Å². The van der Waals surface area contributed by atoms with Crippen molar-refractivity contribution in [2.45, 2.75) is 13.0 Å². The molecule has 1 amide bonds. The third kappa shape index (κ3) is 5.30. The van der Waals surface area contributed by atoms with Crippen LogP contribution in [0.5, 0.6) is 5.75 Å². The Morgan fingerprint density at radius 3 is 2.64 bits per heavy atom. The zero-order valence-electron chi connectivity index (χ0n) is 17.8. The van der Waals surface area contributed by atoms with Gasteiger partial charge in [0.25, 0.3) is 0 Å². The van der Waals surface area contributed by atoms with E-state index in [0.29, 0.717) is 21.9 Å². The Morgan fingerprint density at radius 1 is 1.12 bits per heavy atom. The number of nitrogen functional groups attached to an aromatic ring is 1. The molecule has 4 rings (SSSR count). The van der Waals surface area contributed by atoms with E-state index in [4.69, 9.17) is 20.6 Å². The van der Waals surface area contributed by atoms with Crippen LogP contribution >= 0.6 is 11.3 Å². The monoisotopic (exact) mass is 463 g/mol. The fourth-order valence-corrected chi connectivity index (χ4v) is 4.26. The average molecular weight is 464 g/mol. The highest BCUT2D eigenvalue weighted by Crippen LogP contribution is 2.35. The molecule has 4 N–H and O–H groups in total. The smallest absolute Gasteiger partial charge is 0.411 e. The average Bonchev–Trinajstić information content (AvgIpc) is 3.25. The second kappa shape index (κ2) is 9.70. The van der Waals surface area contributed by atoms with Gasteiger partial charge in [0.2, 0.25) is 0 Å². The number of amidine groups is 1. The van der Waals surface area contributed by atoms with E-state index < -0.39 is 12.2 Å². The van der Waals surface area contributed by atoms with Gasteiger partial charge in [0.1, 0.15) is 24.0 Å². The van der Waals surface area contributed by atoms with Crippen LogP contribution in [0, 0.1) is 18.2 Å². The fraction of sp³-hybridized carbons (Fsp3) is 0.120. The first kappa shape index (κ1) is 22.3. The van der Waals surface area contributed by atoms with Crippen molar-refractivity contribution in [3.63, 3.8) is 0 Å². The van der Waals surface area contributed by atoms with E-state index in [9.17, 15) is 9.18 Å². The van der Waals surface area contributed by atoms with E-state index in [-0.39, 0.29) is 18.3 Å². The van der Waals surface area contributed by atoms with Crippen molar-refractivity contribution >= 4 is 39.0 Å². The summed E-state index contributed by atoms with van der Waals surface area (Å²) in [5.74, 6) is 0.253. The number of fused-ring (bicyclic) bond motifs is 1. The van der Waals surface area contributed by atoms with Gasteiger partial charge >= 0.3 is 6.09 Å². The summed E-state index contributed by atoms with van der Waals surface area (Å²) in [4.78, 5) is 13.0. The summed E-state index contributed by atoms with van der Waals surface area (Å²) in [5, 5.41) is 11.1. The van der Waals surface area contributed by atoms with Gasteiger partial charge in [-0.05, 0) is 54.4 Å². The molecule has 33 heavy (non-hydrogen) atoms. The predicted molar refractivity (Wildman–Crippen MR) is 129 cm³/mol. The zero-order valence-corrected chi connectivity index (χ0v) is 18.6. The number of nitrogens with two attached hydrogens (primary N) is 1. The Hall–Kier alpha value is -3.91. The first-order valence-electron chi connectivity index (χ1n) is 10.2. The molecule has 0 fully saturated rings. The van der Waals surface area contributed by atoms with Gasteiger partial charge in [0, 0.05) is 15.8 Å². The first-order valence-corrected chi connectivity index (χ1v) is 11.0. The molecule has 0 aliphatic rings. The molecule has 0 spiro atoms. The molecule has 8 heteroatoms. The van der Waals surface area contributed by atoms with Crippen LogP contribution in [0.15, 0.2) is 72.8 Å². The summed E-state index contributed by atoms with van der Waals surface area (Å²) in [5.41, 5.74) is 7.35. The van der Waals surface area contributed by atoms with E-state index in [0.717, 1.165) is 15.6 Å². The van der Waals surface area contributed by atoms with Crippen molar-refractivity contribution in [2.75, 3.05) is 11.9 Å². The number of thiophene rings is 1. The number of rotatable bonds is 7. The highest BCUT2D eigenvalue weighted by atomic mass is 32.1. The SMILES string of the molecule is Cc1cc(NC(=O)OCC(Oc2cccc3sc(C(=N)N)cc23)c2ccccc2)ccc1F. The van der Waals surface area contributed by atoms with E-state index >= 15 is 0 Å². The Labute approximate surface area is 194 Å². The standard InChI is InChI=1S/C25H22FN3O3S/c1-15-12-17(10-11-19(15)26)29-25(30)31-14-21(16-6-3-2-4-7-16)32-20-8-5-9-22-18(20)13-23(33-22)24(27)28/h2-13,21H,14H2,1H3,(H3,27,28)(H,29,30). The molecule has 3 aromatic carbocycles.